The van der Waals surface area contributed by atoms with Crippen LogP contribution in [0.5, 0.6) is 11.5 Å². The van der Waals surface area contributed by atoms with Gasteiger partial charge in [0.2, 0.25) is 10.0 Å². The van der Waals surface area contributed by atoms with Crippen LogP contribution in [0.25, 0.3) is 11.3 Å². The van der Waals surface area contributed by atoms with Gasteiger partial charge in [-0.1, -0.05) is 15.9 Å². The van der Waals surface area contributed by atoms with Crippen molar-refractivity contribution in [3.05, 3.63) is 23.6 Å². The van der Waals surface area contributed by atoms with Gasteiger partial charge in [0.05, 0.1) is 19.9 Å². The topological polar surface area (TPSA) is 77.5 Å². The van der Waals surface area contributed by atoms with Crippen LogP contribution in [0.15, 0.2) is 23.6 Å². The smallest absolute Gasteiger partial charge is 0.244 e. The standard InChI is InChI=1S/C12H13BrN2O4S2/c1-18-10-4-3-8(5-11(10)19-2)9-6-20-12(14-9)15-21(16,17)7-13/h3-6H,7H2,1-2H3,(H,14,15). The fourth-order valence-corrected chi connectivity index (χ4v) is 3.46. The number of hydrogen-bond donors (Lipinski definition) is 1. The zero-order valence-corrected chi connectivity index (χ0v) is 14.5. The fraction of sp³-hybridized carbons (Fsp3) is 0.250. The number of anilines is 1. The average Bonchev–Trinajstić information content (AvgIpc) is 2.94. The van der Waals surface area contributed by atoms with E-state index in [1.54, 1.807) is 31.7 Å². The molecule has 0 aliphatic rings. The summed E-state index contributed by atoms with van der Waals surface area (Å²) >= 11 is 4.13. The quantitative estimate of drug-likeness (QED) is 0.764. The van der Waals surface area contributed by atoms with Crippen molar-refractivity contribution < 1.29 is 17.9 Å². The number of alkyl halides is 1. The number of methoxy groups -OCH3 is 2. The van der Waals surface area contributed by atoms with E-state index < -0.39 is 10.0 Å². The van der Waals surface area contributed by atoms with Crippen molar-refractivity contribution in [2.24, 2.45) is 0 Å². The zero-order valence-electron chi connectivity index (χ0n) is 11.3. The van der Waals surface area contributed by atoms with Gasteiger partial charge in [0, 0.05) is 10.9 Å². The average molecular weight is 393 g/mol. The predicted molar refractivity (Wildman–Crippen MR) is 87.0 cm³/mol. The van der Waals surface area contributed by atoms with Gasteiger partial charge in [0.25, 0.3) is 0 Å². The van der Waals surface area contributed by atoms with Crippen molar-refractivity contribution >= 4 is 42.4 Å². The lowest BCUT2D eigenvalue weighted by atomic mass is 10.1. The number of nitrogens with zero attached hydrogens (tertiary/aromatic N) is 1. The minimum Gasteiger partial charge on any atom is -0.493 e. The van der Waals surface area contributed by atoms with Crippen LogP contribution < -0.4 is 14.2 Å². The van der Waals surface area contributed by atoms with Gasteiger partial charge in [-0.3, -0.25) is 4.72 Å². The first-order valence-corrected chi connectivity index (χ1v) is 9.39. The number of ether oxygens (including phenoxy) is 2. The van der Waals surface area contributed by atoms with Gasteiger partial charge >= 0.3 is 0 Å². The molecule has 9 heteroatoms. The molecule has 2 rings (SSSR count). The molecule has 0 aliphatic carbocycles. The molecule has 6 nitrogen and oxygen atoms in total. The van der Waals surface area contributed by atoms with Gasteiger partial charge < -0.3 is 9.47 Å². The Bertz CT molecular complexity index is 731. The molecule has 0 fully saturated rings. The van der Waals surface area contributed by atoms with Crippen LogP contribution >= 0.6 is 27.3 Å². The fourth-order valence-electron chi connectivity index (χ4n) is 1.61. The van der Waals surface area contributed by atoms with Crippen molar-refractivity contribution in [3.63, 3.8) is 0 Å². The Morgan fingerprint density at radius 1 is 1.29 bits per heavy atom. The molecular weight excluding hydrogens is 380 g/mol. The van der Waals surface area contributed by atoms with Crippen molar-refractivity contribution in [1.29, 1.82) is 0 Å². The van der Waals surface area contributed by atoms with Crippen LogP contribution in [-0.4, -0.2) is 32.3 Å². The number of hydrogen-bond acceptors (Lipinski definition) is 6. The molecule has 2 aromatic rings. The van der Waals surface area contributed by atoms with Crippen molar-refractivity contribution in [2.45, 2.75) is 0 Å². The van der Waals surface area contributed by atoms with E-state index >= 15 is 0 Å². The third-order valence-electron chi connectivity index (χ3n) is 2.57. The largest absolute Gasteiger partial charge is 0.493 e. The monoisotopic (exact) mass is 392 g/mol. The Morgan fingerprint density at radius 2 is 2.00 bits per heavy atom. The number of sulfonamides is 1. The maximum Gasteiger partial charge on any atom is 0.244 e. The molecule has 1 N–H and O–H groups in total. The van der Waals surface area contributed by atoms with Gasteiger partial charge in [0.1, 0.15) is 4.66 Å². The highest BCUT2D eigenvalue weighted by atomic mass is 79.9. The second-order valence-electron chi connectivity index (χ2n) is 3.93. The first-order chi connectivity index (χ1) is 9.99. The van der Waals surface area contributed by atoms with Crippen LogP contribution in [0.1, 0.15) is 0 Å². The number of thiazole rings is 1. The molecule has 114 valence electrons. The Balaban J connectivity index is 2.29. The summed E-state index contributed by atoms with van der Waals surface area (Å²) in [7, 11) is -0.278. The summed E-state index contributed by atoms with van der Waals surface area (Å²) in [6.07, 6.45) is 0. The summed E-state index contributed by atoms with van der Waals surface area (Å²) in [5, 5.41) is 2.09. The SMILES string of the molecule is COc1ccc(-c2csc(NS(=O)(=O)CBr)n2)cc1OC. The van der Waals surface area contributed by atoms with Gasteiger partial charge in [-0.05, 0) is 18.2 Å². The molecule has 0 saturated carbocycles. The summed E-state index contributed by atoms with van der Waals surface area (Å²) in [5.74, 6) is 1.21. The molecule has 0 saturated heterocycles. The summed E-state index contributed by atoms with van der Waals surface area (Å²) in [4.78, 5) is 4.26. The van der Waals surface area contributed by atoms with Crippen molar-refractivity contribution in [1.82, 2.24) is 4.98 Å². The molecule has 0 unspecified atom stereocenters. The highest BCUT2D eigenvalue weighted by Gasteiger charge is 2.13. The zero-order chi connectivity index (χ0) is 15.5. The second-order valence-corrected chi connectivity index (χ2v) is 7.82. The minimum atomic E-state index is -3.40. The highest BCUT2D eigenvalue weighted by Crippen LogP contribution is 2.33. The molecule has 0 bridgehead atoms. The van der Waals surface area contributed by atoms with Crippen LogP contribution in [-0.2, 0) is 10.0 Å². The molecule has 21 heavy (non-hydrogen) atoms. The third-order valence-corrected chi connectivity index (χ3v) is 6.06. The normalized spacial score (nSPS) is 11.2. The second kappa shape index (κ2) is 6.63. The molecule has 1 aromatic carbocycles. The number of rotatable bonds is 6. The highest BCUT2D eigenvalue weighted by molar-refractivity contribution is 9.10. The van der Waals surface area contributed by atoms with Gasteiger partial charge in [-0.15, -0.1) is 11.3 Å². The molecule has 1 aromatic heterocycles. The van der Waals surface area contributed by atoms with E-state index in [1.807, 2.05) is 6.07 Å². The molecule has 0 radical (unpaired) electrons. The van der Waals surface area contributed by atoms with Crippen LogP contribution in [0.2, 0.25) is 0 Å². The molecule has 0 spiro atoms. The van der Waals surface area contributed by atoms with E-state index in [0.29, 0.717) is 22.3 Å². The van der Waals surface area contributed by atoms with Crippen molar-refractivity contribution in [3.8, 4) is 22.8 Å². The molecule has 1 heterocycles. The number of nitrogens with one attached hydrogen (secondary N) is 1. The van der Waals surface area contributed by atoms with E-state index in [-0.39, 0.29) is 4.66 Å². The van der Waals surface area contributed by atoms with E-state index in [4.69, 9.17) is 9.47 Å². The lowest BCUT2D eigenvalue weighted by molar-refractivity contribution is 0.355. The third kappa shape index (κ3) is 3.86. The van der Waals surface area contributed by atoms with E-state index in [1.165, 1.54) is 11.3 Å². The van der Waals surface area contributed by atoms with Crippen molar-refractivity contribution in [2.75, 3.05) is 23.6 Å². The van der Waals surface area contributed by atoms with Crippen LogP contribution in [0.4, 0.5) is 5.13 Å². The van der Waals surface area contributed by atoms with Crippen LogP contribution in [0.3, 0.4) is 0 Å². The Labute approximate surface area is 135 Å². The summed E-state index contributed by atoms with van der Waals surface area (Å²) < 4.78 is 35.6. The number of aromatic nitrogens is 1. The Hall–Kier alpha value is -1.32. The maximum absolute atomic E-state index is 11.5. The number of benzene rings is 1. The molecule has 0 aliphatic heterocycles. The van der Waals surface area contributed by atoms with E-state index in [9.17, 15) is 8.42 Å². The lowest BCUT2D eigenvalue weighted by Gasteiger charge is -2.08. The van der Waals surface area contributed by atoms with Gasteiger partial charge in [-0.2, -0.15) is 0 Å². The molecule has 0 amide bonds. The summed E-state index contributed by atoms with van der Waals surface area (Å²) in [5.41, 5.74) is 1.47. The van der Waals surface area contributed by atoms with E-state index in [0.717, 1.165) is 5.56 Å². The maximum atomic E-state index is 11.5. The van der Waals surface area contributed by atoms with Crippen LogP contribution in [0, 0.1) is 0 Å². The first kappa shape index (κ1) is 16.1. The molecule has 0 atom stereocenters. The predicted octanol–water partition coefficient (Wildman–Crippen LogP) is 2.92. The Kier molecular flexibility index (Phi) is 5.07. The number of halogens is 1. The Morgan fingerprint density at radius 3 is 2.62 bits per heavy atom. The first-order valence-electron chi connectivity index (χ1n) is 5.73. The molecular formula is C12H13BrN2O4S2. The van der Waals surface area contributed by atoms with Gasteiger partial charge in [0.15, 0.2) is 16.6 Å². The minimum absolute atomic E-state index is 0.175. The van der Waals surface area contributed by atoms with Gasteiger partial charge in [-0.25, -0.2) is 13.4 Å². The lowest BCUT2D eigenvalue weighted by Crippen LogP contribution is -2.12. The van der Waals surface area contributed by atoms with E-state index in [2.05, 4.69) is 25.6 Å². The summed E-state index contributed by atoms with van der Waals surface area (Å²) in [6.45, 7) is 0. The summed E-state index contributed by atoms with van der Waals surface area (Å²) in [6, 6.07) is 5.39.